The van der Waals surface area contributed by atoms with E-state index in [1.807, 2.05) is 6.07 Å². The monoisotopic (exact) mass is 560 g/mol. The summed E-state index contributed by atoms with van der Waals surface area (Å²) in [6.07, 6.45) is 5.86. The number of likely N-dealkylation sites (tertiary alicyclic amines) is 1. The molecule has 3 aliphatic heterocycles. The van der Waals surface area contributed by atoms with E-state index in [4.69, 9.17) is 19.4 Å². The van der Waals surface area contributed by atoms with Gasteiger partial charge in [0.05, 0.1) is 37.4 Å². The molecule has 2 saturated heterocycles. The van der Waals surface area contributed by atoms with Gasteiger partial charge in [-0.25, -0.2) is 4.39 Å². The molecule has 6 rings (SSSR count). The van der Waals surface area contributed by atoms with Crippen LogP contribution in [0.2, 0.25) is 0 Å². The molecule has 0 radical (unpaired) electrons. The summed E-state index contributed by atoms with van der Waals surface area (Å²) in [4.78, 5) is 28.6. The molecule has 1 amide bonds. The van der Waals surface area contributed by atoms with Crippen LogP contribution in [0, 0.1) is 17.1 Å². The predicted molar refractivity (Wildman–Crippen MR) is 151 cm³/mol. The molecule has 216 valence electrons. The van der Waals surface area contributed by atoms with E-state index in [1.54, 1.807) is 11.0 Å². The highest BCUT2D eigenvalue weighted by molar-refractivity contribution is 5.87. The van der Waals surface area contributed by atoms with Crippen molar-refractivity contribution in [2.24, 2.45) is 0 Å². The number of likely N-dealkylation sites (N-methyl/N-ethyl adjacent to an activating group) is 1. The largest absolute Gasteiger partial charge is 0.462 e. The lowest BCUT2D eigenvalue weighted by Crippen LogP contribution is -2.55. The zero-order chi connectivity index (χ0) is 28.6. The van der Waals surface area contributed by atoms with Crippen LogP contribution in [-0.4, -0.2) is 84.2 Å². The van der Waals surface area contributed by atoms with Crippen LogP contribution in [0.4, 0.5) is 10.2 Å². The standard InChI is InChI=1S/C31H37FN6O3/c1-3-28(39)38-15-14-37(17-21(38)10-12-33)29-23-9-11-31(20-40-19-24-25(31)7-4-8-26(24)32)16-27(23)34-30(35-29)41-18-22-6-5-13-36(22)2/h3-4,7-8,21-22H,1,5-6,9-11,13-20H2,2H3/t21-,22-,31?/m0/s1. The number of piperazine rings is 1. The Morgan fingerprint density at radius 3 is 2.95 bits per heavy atom. The summed E-state index contributed by atoms with van der Waals surface area (Å²) in [6.45, 7) is 7.54. The summed E-state index contributed by atoms with van der Waals surface area (Å²) in [5, 5.41) is 9.50. The van der Waals surface area contributed by atoms with Gasteiger partial charge < -0.3 is 24.2 Å². The van der Waals surface area contributed by atoms with Gasteiger partial charge in [0.15, 0.2) is 0 Å². The van der Waals surface area contributed by atoms with Crippen molar-refractivity contribution < 1.29 is 18.7 Å². The number of ether oxygens (including phenoxy) is 2. The smallest absolute Gasteiger partial charge is 0.318 e. The molecule has 1 aromatic carbocycles. The van der Waals surface area contributed by atoms with Crippen LogP contribution < -0.4 is 9.64 Å². The number of hydrogen-bond donors (Lipinski definition) is 0. The molecule has 1 unspecified atom stereocenters. The summed E-state index contributed by atoms with van der Waals surface area (Å²) in [6, 6.07) is 7.95. The number of anilines is 1. The lowest BCUT2D eigenvalue weighted by atomic mass is 9.67. The van der Waals surface area contributed by atoms with E-state index in [0.29, 0.717) is 63.3 Å². The Kier molecular flexibility index (Phi) is 7.66. The van der Waals surface area contributed by atoms with E-state index in [9.17, 15) is 14.4 Å². The normalized spacial score (nSPS) is 25.9. The third-order valence-corrected chi connectivity index (χ3v) is 9.37. The third-order valence-electron chi connectivity index (χ3n) is 9.37. The average molecular weight is 561 g/mol. The molecular weight excluding hydrogens is 523 g/mol. The molecule has 2 aromatic rings. The molecule has 10 heteroatoms. The number of benzene rings is 1. The molecule has 0 N–H and O–H groups in total. The van der Waals surface area contributed by atoms with Crippen LogP contribution in [0.15, 0.2) is 30.9 Å². The summed E-state index contributed by atoms with van der Waals surface area (Å²) >= 11 is 0. The zero-order valence-corrected chi connectivity index (χ0v) is 23.6. The Balaban J connectivity index is 1.35. The maximum atomic E-state index is 14.8. The molecule has 0 saturated carbocycles. The van der Waals surface area contributed by atoms with Crippen LogP contribution in [0.25, 0.3) is 0 Å². The van der Waals surface area contributed by atoms with Crippen molar-refractivity contribution >= 4 is 11.7 Å². The van der Waals surface area contributed by atoms with E-state index in [2.05, 4.69) is 29.5 Å². The molecule has 9 nitrogen and oxygen atoms in total. The number of carbonyl (C=O) groups is 1. The van der Waals surface area contributed by atoms with Crippen LogP contribution >= 0.6 is 0 Å². The summed E-state index contributed by atoms with van der Waals surface area (Å²) in [5.74, 6) is 0.421. The zero-order valence-electron chi connectivity index (χ0n) is 23.6. The van der Waals surface area contributed by atoms with Crippen LogP contribution in [0.1, 0.15) is 48.1 Å². The summed E-state index contributed by atoms with van der Waals surface area (Å²) in [7, 11) is 2.11. The first-order valence-corrected chi connectivity index (χ1v) is 14.6. The maximum Gasteiger partial charge on any atom is 0.318 e. The highest BCUT2D eigenvalue weighted by Gasteiger charge is 2.43. The van der Waals surface area contributed by atoms with Crippen LogP contribution in [0.5, 0.6) is 6.01 Å². The van der Waals surface area contributed by atoms with Gasteiger partial charge in [0.1, 0.15) is 18.2 Å². The van der Waals surface area contributed by atoms with Crippen molar-refractivity contribution in [3.05, 3.63) is 59.1 Å². The van der Waals surface area contributed by atoms with Gasteiger partial charge in [0.25, 0.3) is 0 Å². The van der Waals surface area contributed by atoms with Gasteiger partial charge in [0, 0.05) is 48.6 Å². The first-order valence-electron chi connectivity index (χ1n) is 14.6. The van der Waals surface area contributed by atoms with Gasteiger partial charge in [0.2, 0.25) is 5.91 Å². The molecule has 2 fully saturated rings. The third kappa shape index (κ3) is 5.17. The topological polar surface area (TPSA) is 94.8 Å². The molecule has 4 aliphatic rings. The van der Waals surface area contributed by atoms with Gasteiger partial charge >= 0.3 is 6.01 Å². The lowest BCUT2D eigenvalue weighted by Gasteiger charge is -2.44. The molecule has 41 heavy (non-hydrogen) atoms. The number of carbonyl (C=O) groups excluding carboxylic acids is 1. The number of nitriles is 1. The predicted octanol–water partition coefficient (Wildman–Crippen LogP) is 3.16. The van der Waals surface area contributed by atoms with Crippen molar-refractivity contribution in [2.75, 3.05) is 51.3 Å². The number of fused-ring (bicyclic) bond motifs is 3. The molecule has 3 atom stereocenters. The number of halogens is 1. The molecule has 1 aliphatic carbocycles. The molecular formula is C31H37FN6O3. The number of hydrogen-bond acceptors (Lipinski definition) is 8. The lowest BCUT2D eigenvalue weighted by molar-refractivity contribution is -0.128. The Labute approximate surface area is 240 Å². The average Bonchev–Trinajstić information content (AvgIpc) is 3.40. The van der Waals surface area contributed by atoms with Gasteiger partial charge in [-0.05, 0) is 57.0 Å². The number of amides is 1. The maximum absolute atomic E-state index is 14.8. The fourth-order valence-corrected chi connectivity index (χ4v) is 7.07. The van der Waals surface area contributed by atoms with Crippen LogP contribution in [-0.2, 0) is 34.4 Å². The van der Waals surface area contributed by atoms with Crippen molar-refractivity contribution in [3.8, 4) is 12.1 Å². The first-order chi connectivity index (χ1) is 19.9. The number of aromatic nitrogens is 2. The highest BCUT2D eigenvalue weighted by Crippen LogP contribution is 2.45. The second kappa shape index (κ2) is 11.4. The van der Waals surface area contributed by atoms with Gasteiger partial charge in [-0.15, -0.1) is 0 Å². The van der Waals surface area contributed by atoms with Gasteiger partial charge in [-0.1, -0.05) is 18.7 Å². The second-order valence-electron chi connectivity index (χ2n) is 11.8. The second-order valence-corrected chi connectivity index (χ2v) is 11.8. The minimum absolute atomic E-state index is 0.163. The Hall–Kier alpha value is -3.55. The molecule has 1 spiro atoms. The van der Waals surface area contributed by atoms with E-state index >= 15 is 0 Å². The van der Waals surface area contributed by atoms with E-state index in [1.165, 1.54) is 12.1 Å². The van der Waals surface area contributed by atoms with E-state index in [-0.39, 0.29) is 36.2 Å². The fraction of sp³-hybridized carbons (Fsp3) is 0.548. The van der Waals surface area contributed by atoms with Gasteiger partial charge in [-0.3, -0.25) is 4.79 Å². The number of rotatable bonds is 6. The van der Waals surface area contributed by atoms with E-state index < -0.39 is 0 Å². The first kappa shape index (κ1) is 27.6. The molecule has 1 aromatic heterocycles. The van der Waals surface area contributed by atoms with Crippen molar-refractivity contribution in [2.45, 2.75) is 62.6 Å². The molecule has 0 bridgehead atoms. The Bertz CT molecular complexity index is 1380. The van der Waals surface area contributed by atoms with E-state index in [0.717, 1.165) is 48.4 Å². The minimum Gasteiger partial charge on any atom is -0.462 e. The number of nitrogens with zero attached hydrogens (tertiary/aromatic N) is 6. The summed E-state index contributed by atoms with van der Waals surface area (Å²) in [5.41, 5.74) is 3.24. The molecule has 4 heterocycles. The highest BCUT2D eigenvalue weighted by atomic mass is 19.1. The van der Waals surface area contributed by atoms with Crippen molar-refractivity contribution in [3.63, 3.8) is 0 Å². The van der Waals surface area contributed by atoms with Crippen molar-refractivity contribution in [1.82, 2.24) is 19.8 Å². The Morgan fingerprint density at radius 2 is 2.17 bits per heavy atom. The summed E-state index contributed by atoms with van der Waals surface area (Å²) < 4.78 is 27.0. The quantitative estimate of drug-likeness (QED) is 0.498. The fourth-order valence-electron chi connectivity index (χ4n) is 7.07. The van der Waals surface area contributed by atoms with Crippen LogP contribution in [0.3, 0.4) is 0 Å². The Morgan fingerprint density at radius 1 is 1.29 bits per heavy atom. The van der Waals surface area contributed by atoms with Gasteiger partial charge in [-0.2, -0.15) is 15.2 Å². The van der Waals surface area contributed by atoms with Crippen molar-refractivity contribution in [1.29, 1.82) is 5.26 Å². The minimum atomic E-state index is -0.365. The SMILES string of the molecule is C=CC(=O)N1CCN(c2nc(OC[C@@H]3CCCN3C)nc3c2CCC2(COCc4c(F)cccc42)C3)C[C@@H]1CC#N.